The molecule has 5 atom stereocenters. The number of anilines is 2. The molecule has 0 aliphatic carbocycles. The fraction of sp³-hybridized carbons (Fsp3) is 0.577. The molecule has 4 aliphatic rings. The van der Waals surface area contributed by atoms with Gasteiger partial charge in [-0.2, -0.15) is 0 Å². The number of ether oxygens (including phenoxy) is 13. The lowest BCUT2D eigenvalue weighted by Gasteiger charge is -2.31. The maximum absolute atomic E-state index is 14.3. The summed E-state index contributed by atoms with van der Waals surface area (Å²) in [5.41, 5.74) is 3.95. The van der Waals surface area contributed by atoms with Crippen LogP contribution in [0.5, 0.6) is 23.0 Å². The van der Waals surface area contributed by atoms with Gasteiger partial charge in [0.05, 0.1) is 168 Å². The fourth-order valence-corrected chi connectivity index (χ4v) is 10.9. The van der Waals surface area contributed by atoms with Crippen molar-refractivity contribution in [2.24, 2.45) is 10.9 Å². The Morgan fingerprint density at radius 2 is 1.11 bits per heavy atom. The first-order chi connectivity index (χ1) is 48.4. The molecule has 0 saturated carbocycles. The van der Waals surface area contributed by atoms with Gasteiger partial charge in [0, 0.05) is 55.8 Å². The first-order valence-corrected chi connectivity index (χ1v) is 34.2. The van der Waals surface area contributed by atoms with E-state index in [0.717, 1.165) is 22.5 Å². The van der Waals surface area contributed by atoms with Gasteiger partial charge in [-0.15, -0.1) is 0 Å². The van der Waals surface area contributed by atoms with E-state index in [1.54, 1.807) is 74.5 Å². The molecule has 3 aromatic carbocycles. The summed E-state index contributed by atoms with van der Waals surface area (Å²) in [5, 5.41) is 22.9. The van der Waals surface area contributed by atoms with Crippen molar-refractivity contribution in [2.45, 2.75) is 123 Å². The Kier molecular flexibility index (Phi) is 33.3. The third-order valence-corrected chi connectivity index (χ3v) is 16.3. The molecule has 0 aromatic heterocycles. The van der Waals surface area contributed by atoms with Gasteiger partial charge < -0.3 is 97.8 Å². The van der Waals surface area contributed by atoms with E-state index in [0.29, 0.717) is 172 Å². The van der Waals surface area contributed by atoms with E-state index in [4.69, 9.17) is 61.6 Å². The van der Waals surface area contributed by atoms with Crippen LogP contribution < -0.4 is 45.1 Å². The second-order valence-corrected chi connectivity index (χ2v) is 24.4. The molecule has 5 N–H and O–H groups in total. The largest absolute Gasteiger partial charge is 0.493 e. The second kappa shape index (κ2) is 42.1. The van der Waals surface area contributed by atoms with E-state index in [1.807, 2.05) is 20.0 Å². The van der Waals surface area contributed by atoms with Crippen LogP contribution in [0.25, 0.3) is 0 Å². The summed E-state index contributed by atoms with van der Waals surface area (Å²) in [7, 11) is 2.97. The third kappa shape index (κ3) is 24.5. The van der Waals surface area contributed by atoms with E-state index in [1.165, 1.54) is 38.2 Å². The second-order valence-electron chi connectivity index (χ2n) is 24.4. The lowest BCUT2D eigenvalue weighted by molar-refractivity contribution is -0.132. The van der Waals surface area contributed by atoms with Gasteiger partial charge in [-0.05, 0) is 88.6 Å². The summed E-state index contributed by atoms with van der Waals surface area (Å²) in [6, 6.07) is 9.99. The number of carbonyl (C=O) groups excluding carboxylic acids is 7. The average molecular weight is 1400 g/mol. The van der Waals surface area contributed by atoms with Gasteiger partial charge in [-0.1, -0.05) is 44.1 Å². The Balaban J connectivity index is 0.757. The number of fused-ring (bicyclic) bond motifs is 4. The monoisotopic (exact) mass is 1400 g/mol. The minimum Gasteiger partial charge on any atom is -0.493 e. The number of hydrogen-bond donors (Lipinski definition) is 5. The number of aliphatic hydroxyl groups is 1. The summed E-state index contributed by atoms with van der Waals surface area (Å²) in [6.07, 6.45) is 6.27. The Hall–Kier alpha value is -8.26. The van der Waals surface area contributed by atoms with Crippen molar-refractivity contribution in [1.29, 1.82) is 0 Å². The molecular formula is C71H100N8O21. The van der Waals surface area contributed by atoms with Gasteiger partial charge in [0.1, 0.15) is 18.7 Å². The van der Waals surface area contributed by atoms with Crippen molar-refractivity contribution in [2.75, 3.05) is 150 Å². The molecule has 29 nitrogen and oxygen atoms in total. The van der Waals surface area contributed by atoms with Crippen molar-refractivity contribution in [3.63, 3.8) is 0 Å². The van der Waals surface area contributed by atoms with Crippen LogP contribution >= 0.6 is 0 Å². The van der Waals surface area contributed by atoms with Crippen molar-refractivity contribution in [3.8, 4) is 23.0 Å². The molecule has 1 unspecified atom stereocenters. The van der Waals surface area contributed by atoms with Gasteiger partial charge in [0.25, 0.3) is 11.8 Å². The molecule has 0 fully saturated rings. The zero-order valence-electron chi connectivity index (χ0n) is 58.8. The maximum atomic E-state index is 14.3. The van der Waals surface area contributed by atoms with Crippen molar-refractivity contribution >= 4 is 64.8 Å². The van der Waals surface area contributed by atoms with Gasteiger partial charge >= 0.3 is 6.09 Å². The fourth-order valence-electron chi connectivity index (χ4n) is 10.9. The highest BCUT2D eigenvalue weighted by Crippen LogP contribution is 2.43. The molecule has 7 amide bonds. The summed E-state index contributed by atoms with van der Waals surface area (Å²) in [4.78, 5) is 101. The molecule has 3 aromatic rings. The first-order valence-electron chi connectivity index (χ1n) is 34.2. The van der Waals surface area contributed by atoms with E-state index < -0.39 is 54.1 Å². The van der Waals surface area contributed by atoms with Crippen LogP contribution in [0.4, 0.5) is 21.9 Å². The molecular weight excluding hydrogens is 1300 g/mol. The van der Waals surface area contributed by atoms with Crippen LogP contribution in [0.15, 0.2) is 77.1 Å². The summed E-state index contributed by atoms with van der Waals surface area (Å²) in [5.74, 6) is -1.01. The summed E-state index contributed by atoms with van der Waals surface area (Å²) < 4.78 is 73.5. The minimum absolute atomic E-state index is 0.00132. The number of amides is 7. The minimum atomic E-state index is -1.52. The van der Waals surface area contributed by atoms with Gasteiger partial charge in [-0.25, -0.2) is 9.69 Å². The highest BCUT2D eigenvalue weighted by molar-refractivity contribution is 6.07. The number of carbonyl (C=O) groups is 7. The molecule has 4 aliphatic heterocycles. The van der Waals surface area contributed by atoms with E-state index in [2.05, 4.69) is 26.3 Å². The Labute approximate surface area is 584 Å². The lowest BCUT2D eigenvalue weighted by Crippen LogP contribution is -2.53. The SMILES string of the molecule is CCC(=O)NCCOCCOCCOCCOCCOCCOCCOCCOCCC(=O)N[C@H](C(=O)N[C@@H](C)C(=O)Nc1ccc(COC(=O)N2c3cc(OCCCCCOc4cc5c(cc4OC)C(=O)N4C=C(C)CC4C=N5)c(OC)cc3C(=O)N3C=C(C)C[C@H]3[C@@H]2O)cc1)C(C)C. The van der Waals surface area contributed by atoms with Gasteiger partial charge in [-0.3, -0.25) is 33.8 Å². The highest BCUT2D eigenvalue weighted by Gasteiger charge is 2.45. The predicted octanol–water partition coefficient (Wildman–Crippen LogP) is 6.39. The number of rotatable bonds is 46. The molecule has 0 saturated heterocycles. The van der Waals surface area contributed by atoms with E-state index >= 15 is 0 Å². The Morgan fingerprint density at radius 1 is 0.590 bits per heavy atom. The topological polar surface area (TPSA) is 330 Å². The standard InChI is InChI=1S/C71H100N8O21/c1-9-63(80)72-18-22-91-24-26-93-28-30-95-32-34-97-36-35-96-33-31-94-29-27-92-25-23-90-21-17-64(81)76-65(47(2)3)67(83)74-50(6)66(82)75-52-15-13-51(14-16-52)46-100-71(87)79-57-42-62(60(89-8)40-55(57)69(85)78-45-49(5)38-58(78)70(79)86)99-20-12-10-11-19-98-61-41-56-54(39-59(61)88-7)68(84)77-44-48(4)37-53(77)43-73-56/h13-16,39-45,47,50,53,58,65,70,86H,9-12,17-38,46H2,1-8H3,(H,72,80)(H,74,83)(H,75,82)(H,76,81)/t50-,53?,58-,65-,70-/m0/s1. The zero-order chi connectivity index (χ0) is 71.8. The molecule has 550 valence electrons. The third-order valence-electron chi connectivity index (χ3n) is 16.3. The quantitative estimate of drug-likeness (QED) is 0.0382. The lowest BCUT2D eigenvalue weighted by atomic mass is 10.0. The maximum Gasteiger partial charge on any atom is 0.416 e. The van der Waals surface area contributed by atoms with E-state index in [-0.39, 0.29) is 79.4 Å². The van der Waals surface area contributed by atoms with Crippen LogP contribution in [0.1, 0.15) is 113 Å². The molecule has 4 heterocycles. The smallest absolute Gasteiger partial charge is 0.416 e. The van der Waals surface area contributed by atoms with E-state index in [9.17, 15) is 38.7 Å². The van der Waals surface area contributed by atoms with Crippen LogP contribution in [-0.2, 0) is 68.4 Å². The van der Waals surface area contributed by atoms with Crippen LogP contribution in [0.2, 0.25) is 0 Å². The molecule has 29 heteroatoms. The van der Waals surface area contributed by atoms with Crippen molar-refractivity contribution in [1.82, 2.24) is 25.8 Å². The number of methoxy groups -OCH3 is 2. The predicted molar refractivity (Wildman–Crippen MR) is 368 cm³/mol. The van der Waals surface area contributed by atoms with Crippen LogP contribution in [0, 0.1) is 5.92 Å². The Bertz CT molecular complexity index is 3260. The normalized spacial score (nSPS) is 16.7. The number of aliphatic imine (C=N–C) groups is 1. The first kappa shape index (κ1) is 79.1. The molecule has 0 spiro atoms. The summed E-state index contributed by atoms with van der Waals surface area (Å²) in [6.45, 7) is 17.7. The number of aliphatic hydroxyl groups excluding tert-OH is 1. The molecule has 0 radical (unpaired) electrons. The van der Waals surface area contributed by atoms with Gasteiger partial charge in [0.2, 0.25) is 23.6 Å². The number of nitrogens with one attached hydrogen (secondary N) is 4. The molecule has 7 rings (SSSR count). The zero-order valence-corrected chi connectivity index (χ0v) is 58.8. The van der Waals surface area contributed by atoms with Crippen LogP contribution in [-0.4, -0.2) is 233 Å². The Morgan fingerprint density at radius 3 is 1.67 bits per heavy atom. The van der Waals surface area contributed by atoms with Gasteiger partial charge in [0.15, 0.2) is 29.2 Å². The average Bonchev–Trinajstić information content (AvgIpc) is 1.59. The molecule has 100 heavy (non-hydrogen) atoms. The summed E-state index contributed by atoms with van der Waals surface area (Å²) >= 11 is 0. The number of hydrogen-bond acceptors (Lipinski definition) is 22. The van der Waals surface area contributed by atoms with Crippen LogP contribution in [0.3, 0.4) is 0 Å². The van der Waals surface area contributed by atoms with Crippen molar-refractivity contribution in [3.05, 3.63) is 88.8 Å². The number of nitrogens with zero attached hydrogens (tertiary/aromatic N) is 4. The van der Waals surface area contributed by atoms with Crippen molar-refractivity contribution < 1.29 is 100 Å². The molecule has 0 bridgehead atoms. The number of benzene rings is 3. The number of unbranched alkanes of at least 4 members (excludes halogenated alkanes) is 2. The highest BCUT2D eigenvalue weighted by atomic mass is 16.6.